The summed E-state index contributed by atoms with van der Waals surface area (Å²) in [6.45, 7) is 4.58. The topological polar surface area (TPSA) is 191 Å². The maximum atomic E-state index is 13.1. The van der Waals surface area contributed by atoms with E-state index in [1.54, 1.807) is 33.2 Å². The van der Waals surface area contributed by atoms with E-state index in [0.717, 1.165) is 0 Å². The number of hydrogen-bond donors (Lipinski definition) is 2. The van der Waals surface area contributed by atoms with Crippen LogP contribution in [0.1, 0.15) is 26.5 Å². The van der Waals surface area contributed by atoms with Crippen LogP contribution >= 0.6 is 34.9 Å². The molecular weight excluding hydrogens is 572 g/mol. The van der Waals surface area contributed by atoms with Gasteiger partial charge in [0.1, 0.15) is 28.1 Å². The van der Waals surface area contributed by atoms with Gasteiger partial charge >= 0.3 is 11.9 Å². The summed E-state index contributed by atoms with van der Waals surface area (Å²) in [6.07, 6.45) is 0. The van der Waals surface area contributed by atoms with Crippen LogP contribution in [0.4, 0.5) is 0 Å². The Kier molecular flexibility index (Phi) is 8.45. The molecule has 2 aliphatic heterocycles. The molecule has 0 bridgehead atoms. The maximum absolute atomic E-state index is 13.1. The van der Waals surface area contributed by atoms with E-state index in [4.69, 9.17) is 9.57 Å². The van der Waals surface area contributed by atoms with Crippen LogP contribution in [-0.4, -0.2) is 106 Å². The molecule has 4 heterocycles. The monoisotopic (exact) mass is 598 g/mol. The van der Waals surface area contributed by atoms with Crippen molar-refractivity contribution in [3.63, 3.8) is 0 Å². The van der Waals surface area contributed by atoms with Crippen LogP contribution in [0.15, 0.2) is 21.2 Å². The van der Waals surface area contributed by atoms with E-state index in [9.17, 15) is 24.3 Å². The van der Waals surface area contributed by atoms with Crippen LogP contribution in [0.2, 0.25) is 0 Å². The number of oxime groups is 1. The molecule has 0 spiro atoms. The molecule has 210 valence electrons. The first-order valence-electron chi connectivity index (χ1n) is 11.5. The number of amides is 2. The van der Waals surface area contributed by atoms with Crippen LogP contribution < -0.4 is 5.32 Å². The van der Waals surface area contributed by atoms with Crippen molar-refractivity contribution < 1.29 is 33.9 Å². The van der Waals surface area contributed by atoms with Crippen LogP contribution in [0.3, 0.4) is 0 Å². The third-order valence-corrected chi connectivity index (χ3v) is 9.07. The number of nitrogens with zero attached hydrogens (tertiary/aromatic N) is 7. The van der Waals surface area contributed by atoms with Crippen LogP contribution in [0.5, 0.6) is 0 Å². The van der Waals surface area contributed by atoms with E-state index in [1.165, 1.54) is 50.0 Å². The number of aryl methyl sites for hydroxylation is 1. The minimum Gasteiger partial charge on any atom is -0.481 e. The van der Waals surface area contributed by atoms with Gasteiger partial charge in [0.25, 0.3) is 5.91 Å². The molecular formula is C21H26N8O7S3. The Labute approximate surface area is 235 Å². The number of carboxylic acids is 1. The summed E-state index contributed by atoms with van der Waals surface area (Å²) in [5.74, 6) is -2.45. The molecule has 3 atom stereocenters. The number of nitrogens with one attached hydrogen (secondary N) is 1. The number of hydrogen-bond acceptors (Lipinski definition) is 14. The van der Waals surface area contributed by atoms with Gasteiger partial charge in [0.15, 0.2) is 5.71 Å². The van der Waals surface area contributed by atoms with Crippen molar-refractivity contribution in [1.29, 1.82) is 0 Å². The molecule has 18 heteroatoms. The first kappa shape index (κ1) is 28.8. The van der Waals surface area contributed by atoms with E-state index in [-0.39, 0.29) is 29.5 Å². The van der Waals surface area contributed by atoms with Gasteiger partial charge in [0.2, 0.25) is 17.7 Å². The molecule has 0 aliphatic carbocycles. The molecule has 2 amide bonds. The smallest absolute Gasteiger partial charge is 0.347 e. The van der Waals surface area contributed by atoms with Crippen molar-refractivity contribution in [3.8, 4) is 0 Å². The highest BCUT2D eigenvalue weighted by Crippen LogP contribution is 2.44. The zero-order valence-electron chi connectivity index (χ0n) is 21.4. The van der Waals surface area contributed by atoms with Gasteiger partial charge in [0.05, 0.1) is 5.51 Å². The second-order valence-corrected chi connectivity index (χ2v) is 12.5. The number of β-lactam (4-membered cyclic amide) rings is 1. The first-order valence-corrected chi connectivity index (χ1v) is 14.5. The van der Waals surface area contributed by atoms with E-state index < -0.39 is 52.8 Å². The quantitative estimate of drug-likeness (QED) is 0.122. The summed E-state index contributed by atoms with van der Waals surface area (Å²) in [5.41, 5.74) is -0.427. The number of carbonyl (C=O) groups excluding carboxylic acids is 3. The zero-order chi connectivity index (χ0) is 28.4. The number of aromatic nitrogens is 5. The molecule has 0 saturated carbocycles. The van der Waals surface area contributed by atoms with Crippen molar-refractivity contribution in [2.24, 2.45) is 17.6 Å². The summed E-state index contributed by atoms with van der Waals surface area (Å²) in [4.78, 5) is 60.9. The van der Waals surface area contributed by atoms with Gasteiger partial charge < -0.3 is 24.9 Å². The number of carbonyl (C=O) groups is 4. The molecule has 2 N–H and O–H groups in total. The molecule has 2 aromatic heterocycles. The standard InChI is InChI=1S/C21H26N8O7S3/c1-20(2,3)36-12(30)5-35-25-13(11-6-37-10-22-11)15(31)23-14-16(32)29-7-21(18(33)34,8-38-17(14)29)9-39-19-24-26-27-28(19)4/h6,10,14,17H,5,7-9H2,1-4H3,(H,23,31)(H,33,34)/t14?,17-,21?/m1/s1. The van der Waals surface area contributed by atoms with E-state index in [0.29, 0.717) is 5.16 Å². The van der Waals surface area contributed by atoms with Crippen molar-refractivity contribution in [1.82, 2.24) is 35.4 Å². The number of esters is 1. The van der Waals surface area contributed by atoms with Gasteiger partial charge in [-0.05, 0) is 31.2 Å². The lowest BCUT2D eigenvalue weighted by molar-refractivity contribution is -0.160. The van der Waals surface area contributed by atoms with Gasteiger partial charge in [-0.3, -0.25) is 14.4 Å². The fraction of sp³-hybridized carbons (Fsp3) is 0.571. The van der Waals surface area contributed by atoms with Crippen LogP contribution in [0, 0.1) is 5.41 Å². The number of aliphatic carboxylic acids is 1. The lowest BCUT2D eigenvalue weighted by atomic mass is 9.89. The Hall–Kier alpha value is -3.25. The van der Waals surface area contributed by atoms with E-state index in [1.807, 2.05) is 0 Å². The van der Waals surface area contributed by atoms with Crippen molar-refractivity contribution >= 4 is 64.3 Å². The highest BCUT2D eigenvalue weighted by Gasteiger charge is 2.57. The first-order chi connectivity index (χ1) is 18.4. The molecule has 2 aliphatic rings. The highest BCUT2D eigenvalue weighted by molar-refractivity contribution is 8.00. The summed E-state index contributed by atoms with van der Waals surface area (Å²) < 4.78 is 6.60. The summed E-state index contributed by atoms with van der Waals surface area (Å²) >= 11 is 3.70. The largest absolute Gasteiger partial charge is 0.481 e. The molecule has 0 radical (unpaired) electrons. The van der Waals surface area contributed by atoms with Gasteiger partial charge in [-0.2, -0.15) is 0 Å². The molecule has 2 fully saturated rings. The number of tetrazole rings is 1. The SMILES string of the molecule is Cn1nnnc1SCC1(C(=O)O)CS[C@@H]2C(NC(=O)C(=NOCC(=O)OC(C)(C)C)c3cscn3)C(=O)N2C1. The van der Waals surface area contributed by atoms with Gasteiger partial charge in [-0.1, -0.05) is 16.9 Å². The fourth-order valence-corrected chi connectivity index (χ4v) is 6.96. The molecule has 2 saturated heterocycles. The predicted octanol–water partition coefficient (Wildman–Crippen LogP) is -0.00780. The molecule has 39 heavy (non-hydrogen) atoms. The maximum Gasteiger partial charge on any atom is 0.347 e. The third kappa shape index (κ3) is 6.50. The van der Waals surface area contributed by atoms with Crippen molar-refractivity contribution in [2.75, 3.05) is 24.7 Å². The van der Waals surface area contributed by atoms with Crippen LogP contribution in [0.25, 0.3) is 0 Å². The number of rotatable bonds is 10. The zero-order valence-corrected chi connectivity index (χ0v) is 23.8. The molecule has 0 aromatic carbocycles. The average Bonchev–Trinajstić information content (AvgIpc) is 3.54. The van der Waals surface area contributed by atoms with Gasteiger partial charge in [-0.25, -0.2) is 14.5 Å². The Morgan fingerprint density at radius 1 is 1.36 bits per heavy atom. The number of carboxylic acid groups (broad SMARTS) is 1. The summed E-state index contributed by atoms with van der Waals surface area (Å²) in [5, 5.41) is 29.2. The minimum absolute atomic E-state index is 0.0183. The number of fused-ring (bicyclic) bond motifs is 1. The predicted molar refractivity (Wildman–Crippen MR) is 140 cm³/mol. The second-order valence-electron chi connectivity index (χ2n) is 9.75. The average molecular weight is 599 g/mol. The number of ether oxygens (including phenoxy) is 1. The molecule has 2 unspecified atom stereocenters. The van der Waals surface area contributed by atoms with Crippen LogP contribution in [-0.2, 0) is 35.8 Å². The van der Waals surface area contributed by atoms with Gasteiger partial charge in [0, 0.05) is 30.5 Å². The third-order valence-electron chi connectivity index (χ3n) is 5.59. The minimum atomic E-state index is -1.22. The summed E-state index contributed by atoms with van der Waals surface area (Å²) in [6, 6.07) is -0.889. The Balaban J connectivity index is 1.39. The van der Waals surface area contributed by atoms with E-state index >= 15 is 0 Å². The lowest BCUT2D eigenvalue weighted by Crippen LogP contribution is -2.74. The number of thioether (sulfide) groups is 2. The molecule has 2 aromatic rings. The molecule has 4 rings (SSSR count). The van der Waals surface area contributed by atoms with E-state index in [2.05, 4.69) is 31.0 Å². The second kappa shape index (κ2) is 11.5. The van der Waals surface area contributed by atoms with Gasteiger partial charge in [-0.15, -0.1) is 28.2 Å². The normalized spacial score (nSPS) is 23.0. The number of thiazole rings is 1. The van der Waals surface area contributed by atoms with Crippen molar-refractivity contribution in [2.45, 2.75) is 42.9 Å². The Bertz CT molecular complexity index is 1280. The van der Waals surface area contributed by atoms with Crippen molar-refractivity contribution in [3.05, 3.63) is 16.6 Å². The lowest BCUT2D eigenvalue weighted by Gasteiger charge is -2.53. The fourth-order valence-electron chi connectivity index (χ4n) is 3.72. The Morgan fingerprint density at radius 2 is 2.13 bits per heavy atom. The Morgan fingerprint density at radius 3 is 2.74 bits per heavy atom. The highest BCUT2D eigenvalue weighted by atomic mass is 32.2. The molecule has 15 nitrogen and oxygen atoms in total. The summed E-state index contributed by atoms with van der Waals surface area (Å²) in [7, 11) is 1.65.